The van der Waals surface area contributed by atoms with Crippen molar-refractivity contribution in [3.8, 4) is 0 Å². The summed E-state index contributed by atoms with van der Waals surface area (Å²) in [6.45, 7) is 9.38. The molecule has 1 aliphatic heterocycles. The second-order valence-corrected chi connectivity index (χ2v) is 9.28. The van der Waals surface area contributed by atoms with Gasteiger partial charge in [0.2, 0.25) is 10.0 Å². The van der Waals surface area contributed by atoms with E-state index in [1.807, 2.05) is 6.92 Å². The summed E-state index contributed by atoms with van der Waals surface area (Å²) < 4.78 is 27.1. The first kappa shape index (κ1) is 22.6. The fraction of sp³-hybridized carbons (Fsp3) is 0.650. The Bertz CT molecular complexity index is 711. The van der Waals surface area contributed by atoms with Crippen LogP contribution in [-0.4, -0.2) is 65.6 Å². The van der Waals surface area contributed by atoms with Crippen molar-refractivity contribution in [1.29, 1.82) is 0 Å². The van der Waals surface area contributed by atoms with Crippen LogP contribution in [0.15, 0.2) is 34.2 Å². The molecule has 1 aliphatic rings. The largest absolute Gasteiger partial charge is 0.356 e. The fourth-order valence-electron chi connectivity index (χ4n) is 3.18. The summed E-state index contributed by atoms with van der Waals surface area (Å²) >= 11 is 0. The highest BCUT2D eigenvalue weighted by atomic mass is 32.2. The van der Waals surface area contributed by atoms with Crippen LogP contribution in [-0.2, 0) is 10.0 Å². The van der Waals surface area contributed by atoms with E-state index < -0.39 is 10.0 Å². The number of nitrogens with zero attached hydrogens (tertiary/aromatic N) is 2. The highest BCUT2D eigenvalue weighted by Crippen LogP contribution is 2.15. The summed E-state index contributed by atoms with van der Waals surface area (Å²) in [4.78, 5) is 7.00. The van der Waals surface area contributed by atoms with Crippen LogP contribution in [0.1, 0.15) is 31.7 Å². The van der Waals surface area contributed by atoms with Crippen LogP contribution in [0, 0.1) is 12.8 Å². The molecular weight excluding hydrogens is 374 g/mol. The standard InChI is InChI=1S/C20H35N5O2S/c1-17-5-7-19(8-6-17)28(26,27)24-13-12-23-20(21-3)22-11-4-14-25-15-9-18(2)10-16-25/h5-8,18,24H,4,9-16H2,1-3H3,(H2,21,22,23). The topological polar surface area (TPSA) is 85.8 Å². The van der Waals surface area contributed by atoms with Crippen LogP contribution >= 0.6 is 0 Å². The molecule has 0 unspecified atom stereocenters. The van der Waals surface area contributed by atoms with Gasteiger partial charge in [-0.05, 0) is 63.9 Å². The van der Waals surface area contributed by atoms with Gasteiger partial charge in [0.25, 0.3) is 0 Å². The van der Waals surface area contributed by atoms with Crippen LogP contribution in [0.4, 0.5) is 0 Å². The van der Waals surface area contributed by atoms with Gasteiger partial charge in [0.15, 0.2) is 5.96 Å². The molecule has 158 valence electrons. The number of hydrogen-bond donors (Lipinski definition) is 3. The summed E-state index contributed by atoms with van der Waals surface area (Å²) in [5, 5.41) is 6.43. The summed E-state index contributed by atoms with van der Waals surface area (Å²) in [6, 6.07) is 6.83. The summed E-state index contributed by atoms with van der Waals surface area (Å²) in [6.07, 6.45) is 3.67. The van der Waals surface area contributed by atoms with E-state index in [0.717, 1.165) is 31.0 Å². The average Bonchev–Trinajstić information content (AvgIpc) is 2.68. The summed E-state index contributed by atoms with van der Waals surface area (Å²) in [7, 11) is -1.75. The van der Waals surface area contributed by atoms with Crippen molar-refractivity contribution in [2.24, 2.45) is 10.9 Å². The van der Waals surface area contributed by atoms with Gasteiger partial charge in [-0.1, -0.05) is 24.6 Å². The Hall–Kier alpha value is -1.64. The highest BCUT2D eigenvalue weighted by molar-refractivity contribution is 7.89. The molecule has 0 aromatic heterocycles. The highest BCUT2D eigenvalue weighted by Gasteiger charge is 2.15. The number of rotatable bonds is 9. The van der Waals surface area contributed by atoms with E-state index in [1.165, 1.54) is 25.9 Å². The molecule has 1 fully saturated rings. The van der Waals surface area contributed by atoms with Crippen LogP contribution in [0.25, 0.3) is 0 Å². The monoisotopic (exact) mass is 409 g/mol. The first-order valence-corrected chi connectivity index (χ1v) is 11.6. The van der Waals surface area contributed by atoms with Gasteiger partial charge in [-0.2, -0.15) is 0 Å². The number of hydrogen-bond acceptors (Lipinski definition) is 4. The van der Waals surface area contributed by atoms with Crippen LogP contribution in [0.2, 0.25) is 0 Å². The zero-order valence-electron chi connectivity index (χ0n) is 17.4. The van der Waals surface area contributed by atoms with E-state index in [-0.39, 0.29) is 4.90 Å². The molecule has 0 saturated carbocycles. The van der Waals surface area contributed by atoms with Crippen molar-refractivity contribution in [3.05, 3.63) is 29.8 Å². The molecule has 0 spiro atoms. The number of sulfonamides is 1. The second kappa shape index (κ2) is 11.4. The fourth-order valence-corrected chi connectivity index (χ4v) is 4.21. The third-order valence-electron chi connectivity index (χ3n) is 5.08. The molecule has 1 aromatic rings. The van der Waals surface area contributed by atoms with Gasteiger partial charge in [-0.15, -0.1) is 0 Å². The van der Waals surface area contributed by atoms with Crippen molar-refractivity contribution >= 4 is 16.0 Å². The maximum Gasteiger partial charge on any atom is 0.240 e. The smallest absolute Gasteiger partial charge is 0.240 e. The molecule has 0 radical (unpaired) electrons. The van der Waals surface area contributed by atoms with Gasteiger partial charge in [0, 0.05) is 26.7 Å². The number of guanidine groups is 1. The van der Waals surface area contributed by atoms with E-state index in [4.69, 9.17) is 0 Å². The van der Waals surface area contributed by atoms with Crippen molar-refractivity contribution in [1.82, 2.24) is 20.3 Å². The van der Waals surface area contributed by atoms with Crippen LogP contribution < -0.4 is 15.4 Å². The van der Waals surface area contributed by atoms with Gasteiger partial charge >= 0.3 is 0 Å². The molecule has 0 amide bonds. The third-order valence-corrected chi connectivity index (χ3v) is 6.56. The molecule has 0 bridgehead atoms. The van der Waals surface area contributed by atoms with Crippen LogP contribution in [0.3, 0.4) is 0 Å². The predicted octanol–water partition coefficient (Wildman–Crippen LogP) is 1.56. The minimum atomic E-state index is -3.47. The molecule has 0 atom stereocenters. The van der Waals surface area contributed by atoms with Crippen molar-refractivity contribution in [3.63, 3.8) is 0 Å². The Labute approximate surface area is 170 Å². The number of piperidine rings is 1. The molecule has 2 rings (SSSR count). The number of likely N-dealkylation sites (tertiary alicyclic amines) is 1. The molecule has 1 saturated heterocycles. The molecule has 7 nitrogen and oxygen atoms in total. The molecule has 28 heavy (non-hydrogen) atoms. The quantitative estimate of drug-likeness (QED) is 0.327. The predicted molar refractivity (Wildman–Crippen MR) is 115 cm³/mol. The van der Waals surface area contributed by atoms with Gasteiger partial charge < -0.3 is 15.5 Å². The van der Waals surface area contributed by atoms with E-state index >= 15 is 0 Å². The average molecular weight is 410 g/mol. The minimum absolute atomic E-state index is 0.285. The molecule has 1 aromatic carbocycles. The lowest BCUT2D eigenvalue weighted by Gasteiger charge is -2.30. The van der Waals surface area contributed by atoms with E-state index in [2.05, 4.69) is 32.2 Å². The van der Waals surface area contributed by atoms with Gasteiger partial charge in [0.05, 0.1) is 4.90 Å². The normalized spacial score (nSPS) is 16.9. The Kier molecular flexibility index (Phi) is 9.21. The first-order chi connectivity index (χ1) is 13.4. The van der Waals surface area contributed by atoms with Gasteiger partial charge in [-0.3, -0.25) is 4.99 Å². The van der Waals surface area contributed by atoms with E-state index in [0.29, 0.717) is 19.0 Å². The summed E-state index contributed by atoms with van der Waals surface area (Å²) in [5.74, 6) is 1.56. The van der Waals surface area contributed by atoms with E-state index in [9.17, 15) is 8.42 Å². The molecular formula is C20H35N5O2S. The lowest BCUT2D eigenvalue weighted by Crippen LogP contribution is -2.42. The Balaban J connectivity index is 1.61. The molecule has 8 heteroatoms. The lowest BCUT2D eigenvalue weighted by atomic mass is 9.99. The van der Waals surface area contributed by atoms with Crippen molar-refractivity contribution in [2.75, 3.05) is 46.3 Å². The zero-order valence-corrected chi connectivity index (χ0v) is 18.2. The number of aliphatic imine (C=N–C) groups is 1. The first-order valence-electron chi connectivity index (χ1n) is 10.1. The molecule has 3 N–H and O–H groups in total. The van der Waals surface area contributed by atoms with Gasteiger partial charge in [-0.25, -0.2) is 13.1 Å². The third kappa shape index (κ3) is 7.77. The maximum absolute atomic E-state index is 12.2. The van der Waals surface area contributed by atoms with Crippen molar-refractivity contribution < 1.29 is 8.42 Å². The Morgan fingerprint density at radius 2 is 1.75 bits per heavy atom. The minimum Gasteiger partial charge on any atom is -0.356 e. The lowest BCUT2D eigenvalue weighted by molar-refractivity contribution is 0.191. The Morgan fingerprint density at radius 3 is 2.39 bits per heavy atom. The SMILES string of the molecule is CN=C(NCCCN1CCC(C)CC1)NCCNS(=O)(=O)c1ccc(C)cc1. The second-order valence-electron chi connectivity index (χ2n) is 7.51. The molecule has 1 heterocycles. The van der Waals surface area contributed by atoms with Gasteiger partial charge in [0.1, 0.15) is 0 Å². The van der Waals surface area contributed by atoms with Crippen LogP contribution in [0.5, 0.6) is 0 Å². The number of nitrogens with one attached hydrogen (secondary N) is 3. The zero-order chi connectivity index (χ0) is 20.4. The molecule has 0 aliphatic carbocycles. The number of aryl methyl sites for hydroxylation is 1. The Morgan fingerprint density at radius 1 is 1.11 bits per heavy atom. The van der Waals surface area contributed by atoms with E-state index in [1.54, 1.807) is 31.3 Å². The summed E-state index contributed by atoms with van der Waals surface area (Å²) in [5.41, 5.74) is 1.03. The van der Waals surface area contributed by atoms with Crippen molar-refractivity contribution in [2.45, 2.75) is 38.0 Å². The number of benzene rings is 1. The maximum atomic E-state index is 12.2.